The van der Waals surface area contributed by atoms with Crippen molar-refractivity contribution in [2.24, 2.45) is 0 Å². The summed E-state index contributed by atoms with van der Waals surface area (Å²) in [5, 5.41) is 0.212. The van der Waals surface area contributed by atoms with Gasteiger partial charge in [0.25, 0.3) is 5.91 Å². The van der Waals surface area contributed by atoms with Gasteiger partial charge >= 0.3 is 0 Å². The molecular weight excluding hydrogens is 313 g/mol. The van der Waals surface area contributed by atoms with Crippen LogP contribution < -0.4 is 4.74 Å². The van der Waals surface area contributed by atoms with Crippen LogP contribution in [0.3, 0.4) is 0 Å². The van der Waals surface area contributed by atoms with Gasteiger partial charge in [0.05, 0.1) is 5.02 Å². The lowest BCUT2D eigenvalue weighted by molar-refractivity contribution is -0.130. The van der Waals surface area contributed by atoms with Gasteiger partial charge < -0.3 is 9.64 Å². The molecule has 0 N–H and O–H groups in total. The molecule has 1 amide bonds. The van der Waals surface area contributed by atoms with E-state index in [1.165, 1.54) is 17.0 Å². The highest BCUT2D eigenvalue weighted by Crippen LogP contribution is 2.35. The summed E-state index contributed by atoms with van der Waals surface area (Å²) in [6, 6.07) is 3.04. The third-order valence-corrected chi connectivity index (χ3v) is 3.75. The second kappa shape index (κ2) is 7.48. The molecule has 1 aromatic carbocycles. The van der Waals surface area contributed by atoms with E-state index in [1.54, 1.807) is 14.1 Å². The number of likely N-dealkylation sites (N-methyl/N-ethyl adjacent to an activating group) is 1. The van der Waals surface area contributed by atoms with Crippen LogP contribution in [-0.2, 0) is 4.79 Å². The van der Waals surface area contributed by atoms with Gasteiger partial charge in [-0.15, -0.1) is 0 Å². The summed E-state index contributed by atoms with van der Waals surface area (Å²) in [6.07, 6.45) is 0.530. The predicted octanol–water partition coefficient (Wildman–Crippen LogP) is 3.61. The zero-order chi connectivity index (χ0) is 16.2. The van der Waals surface area contributed by atoms with Crippen LogP contribution in [0, 0.1) is 0 Å². The summed E-state index contributed by atoms with van der Waals surface area (Å²) >= 11 is 12.2. The van der Waals surface area contributed by atoms with Gasteiger partial charge in [-0.2, -0.15) is 0 Å². The van der Waals surface area contributed by atoms with E-state index in [9.17, 15) is 9.59 Å². The normalized spacial score (nSPS) is 10.1. The fourth-order valence-electron chi connectivity index (χ4n) is 1.44. The summed E-state index contributed by atoms with van der Waals surface area (Å²) in [4.78, 5) is 24.9. The number of carbonyl (C=O) groups excluding carboxylic acids is 2. The quantitative estimate of drug-likeness (QED) is 0.591. The van der Waals surface area contributed by atoms with Crippen LogP contribution in [0.4, 0.5) is 0 Å². The molecule has 21 heavy (non-hydrogen) atoms. The number of rotatable bonds is 6. The highest BCUT2D eigenvalue weighted by Gasteiger charge is 2.18. The molecule has 0 aliphatic carbocycles. The second-order valence-corrected chi connectivity index (χ2v) is 5.36. The number of allylic oxidation sites excluding steroid dienone is 1. The molecule has 0 radical (unpaired) electrons. The van der Waals surface area contributed by atoms with Crippen molar-refractivity contribution >= 4 is 34.9 Å². The maximum absolute atomic E-state index is 12.1. The Balaban J connectivity index is 2.98. The van der Waals surface area contributed by atoms with Crippen molar-refractivity contribution in [3.8, 4) is 5.75 Å². The molecule has 1 aromatic rings. The Labute approximate surface area is 134 Å². The fourth-order valence-corrected chi connectivity index (χ4v) is 1.90. The van der Waals surface area contributed by atoms with Crippen molar-refractivity contribution in [1.29, 1.82) is 0 Å². The van der Waals surface area contributed by atoms with E-state index in [0.29, 0.717) is 12.0 Å². The number of ether oxygens (including phenoxy) is 1. The first kappa shape index (κ1) is 17.5. The van der Waals surface area contributed by atoms with Crippen molar-refractivity contribution in [3.05, 3.63) is 39.9 Å². The molecule has 114 valence electrons. The molecule has 0 aliphatic rings. The van der Waals surface area contributed by atoms with Gasteiger partial charge in [-0.25, -0.2) is 0 Å². The molecule has 6 heteroatoms. The zero-order valence-corrected chi connectivity index (χ0v) is 13.7. The number of halogens is 2. The molecule has 0 aromatic heterocycles. The number of hydrogen-bond acceptors (Lipinski definition) is 3. The molecule has 0 unspecified atom stereocenters. The van der Waals surface area contributed by atoms with Crippen LogP contribution in [0.5, 0.6) is 5.75 Å². The van der Waals surface area contributed by atoms with E-state index in [0.717, 1.165) is 0 Å². The Morgan fingerprint density at radius 3 is 2.38 bits per heavy atom. The maximum atomic E-state index is 12.1. The van der Waals surface area contributed by atoms with Gasteiger partial charge in [-0.3, -0.25) is 9.59 Å². The fraction of sp³-hybridized carbons (Fsp3) is 0.333. The third-order valence-electron chi connectivity index (χ3n) is 2.89. The van der Waals surface area contributed by atoms with E-state index in [-0.39, 0.29) is 39.7 Å². The third kappa shape index (κ3) is 4.22. The first-order valence-electron chi connectivity index (χ1n) is 6.33. The number of Topliss-reactive ketones (excluding diaryl/α,β-unsaturated/α-hetero) is 1. The van der Waals surface area contributed by atoms with Crippen LogP contribution in [0.15, 0.2) is 24.3 Å². The van der Waals surface area contributed by atoms with Crippen LogP contribution >= 0.6 is 23.2 Å². The second-order valence-electron chi connectivity index (χ2n) is 4.60. The highest BCUT2D eigenvalue weighted by molar-refractivity contribution is 6.45. The Morgan fingerprint density at radius 1 is 1.24 bits per heavy atom. The lowest BCUT2D eigenvalue weighted by Gasteiger charge is -2.14. The molecule has 0 aliphatic heterocycles. The Hall–Kier alpha value is -1.52. The molecule has 0 atom stereocenters. The molecule has 0 fully saturated rings. The highest BCUT2D eigenvalue weighted by atomic mass is 35.5. The van der Waals surface area contributed by atoms with E-state index in [2.05, 4.69) is 6.58 Å². The molecule has 1 rings (SSSR count). The van der Waals surface area contributed by atoms with Crippen LogP contribution in [0.2, 0.25) is 10.0 Å². The molecule has 0 spiro atoms. The molecular formula is C15H17Cl2NO3. The molecule has 0 heterocycles. The van der Waals surface area contributed by atoms with E-state index >= 15 is 0 Å². The van der Waals surface area contributed by atoms with Crippen molar-refractivity contribution in [3.63, 3.8) is 0 Å². The summed E-state index contributed by atoms with van der Waals surface area (Å²) in [7, 11) is 3.25. The van der Waals surface area contributed by atoms with Gasteiger partial charge in [0.15, 0.2) is 12.4 Å². The van der Waals surface area contributed by atoms with Crippen LogP contribution in [0.25, 0.3) is 0 Å². The van der Waals surface area contributed by atoms with Gasteiger partial charge in [0.2, 0.25) is 0 Å². The average Bonchev–Trinajstić information content (AvgIpc) is 2.46. The largest absolute Gasteiger partial charge is 0.482 e. The average molecular weight is 330 g/mol. The Morgan fingerprint density at radius 2 is 1.86 bits per heavy atom. The number of hydrogen-bond donors (Lipinski definition) is 0. The maximum Gasteiger partial charge on any atom is 0.259 e. The summed E-state index contributed by atoms with van der Waals surface area (Å²) in [6.45, 7) is 5.37. The molecule has 0 bridgehead atoms. The van der Waals surface area contributed by atoms with Gasteiger partial charge in [-0.1, -0.05) is 36.7 Å². The van der Waals surface area contributed by atoms with Crippen molar-refractivity contribution in [2.75, 3.05) is 20.7 Å². The van der Waals surface area contributed by atoms with Crippen molar-refractivity contribution in [1.82, 2.24) is 4.90 Å². The van der Waals surface area contributed by atoms with Gasteiger partial charge in [0, 0.05) is 19.7 Å². The van der Waals surface area contributed by atoms with Gasteiger partial charge in [0.1, 0.15) is 10.8 Å². The molecule has 4 nitrogen and oxygen atoms in total. The zero-order valence-electron chi connectivity index (χ0n) is 12.2. The lowest BCUT2D eigenvalue weighted by atomic mass is 10.0. The first-order valence-corrected chi connectivity index (χ1v) is 7.08. The SMILES string of the molecule is C=C(CC)C(=O)c1ccc(OCC(=O)N(C)C)c(Cl)c1Cl. The monoisotopic (exact) mass is 329 g/mol. The van der Waals surface area contributed by atoms with Gasteiger partial charge in [-0.05, 0) is 24.1 Å². The topological polar surface area (TPSA) is 46.6 Å². The van der Waals surface area contributed by atoms with E-state index in [1.807, 2.05) is 6.92 Å². The van der Waals surface area contributed by atoms with Crippen molar-refractivity contribution in [2.45, 2.75) is 13.3 Å². The Bertz CT molecular complexity index is 583. The molecule has 0 saturated carbocycles. The lowest BCUT2D eigenvalue weighted by Crippen LogP contribution is -2.27. The van der Waals surface area contributed by atoms with Crippen LogP contribution in [0.1, 0.15) is 23.7 Å². The summed E-state index contributed by atoms with van der Waals surface area (Å²) in [5.41, 5.74) is 0.726. The minimum atomic E-state index is -0.250. The number of carbonyl (C=O) groups is 2. The van der Waals surface area contributed by atoms with Crippen molar-refractivity contribution < 1.29 is 14.3 Å². The predicted molar refractivity (Wildman–Crippen MR) is 84.4 cm³/mol. The summed E-state index contributed by atoms with van der Waals surface area (Å²) < 4.78 is 5.32. The van der Waals surface area contributed by atoms with E-state index in [4.69, 9.17) is 27.9 Å². The standard InChI is InChI=1S/C15H17Cl2NO3/c1-5-9(2)15(20)10-6-7-11(14(17)13(10)16)21-8-12(19)18(3)4/h6-7H,2,5,8H2,1,3-4H3. The number of ketones is 1. The number of nitrogens with zero attached hydrogens (tertiary/aromatic N) is 1. The van der Waals surface area contributed by atoms with Crippen LogP contribution in [-0.4, -0.2) is 37.3 Å². The smallest absolute Gasteiger partial charge is 0.259 e. The van der Waals surface area contributed by atoms with E-state index < -0.39 is 0 Å². The summed E-state index contributed by atoms with van der Waals surface area (Å²) in [5.74, 6) is -0.197. The number of amides is 1. The first-order chi connectivity index (χ1) is 9.79. The Kier molecular flexibility index (Phi) is 6.24. The minimum Gasteiger partial charge on any atom is -0.482 e. The molecule has 0 saturated heterocycles. The number of benzene rings is 1. The minimum absolute atomic E-state index is 0.103.